The van der Waals surface area contributed by atoms with Crippen molar-refractivity contribution in [1.82, 2.24) is 4.90 Å². The van der Waals surface area contributed by atoms with Gasteiger partial charge in [0.2, 0.25) is 0 Å². The molecule has 0 saturated carbocycles. The number of carbonyl (C=O) groups is 1. The van der Waals surface area contributed by atoms with E-state index in [1.165, 1.54) is 31.4 Å². The van der Waals surface area contributed by atoms with Crippen LogP contribution in [0.5, 0.6) is 11.5 Å². The van der Waals surface area contributed by atoms with E-state index in [0.717, 1.165) is 36.3 Å². The molecule has 8 heteroatoms. The van der Waals surface area contributed by atoms with E-state index in [2.05, 4.69) is 40.4 Å². The Morgan fingerprint density at radius 2 is 1.44 bits per heavy atom. The van der Waals surface area contributed by atoms with E-state index in [4.69, 9.17) is 14.6 Å². The summed E-state index contributed by atoms with van der Waals surface area (Å²) in [4.78, 5) is 13.1. The number of likely N-dealkylation sites (tertiary alicyclic amines) is 1. The van der Waals surface area contributed by atoms with Crippen LogP contribution in [-0.4, -0.2) is 48.8 Å². The Bertz CT molecular complexity index is 1620. The number of piperidine rings is 1. The summed E-state index contributed by atoms with van der Waals surface area (Å²) in [6, 6.07) is 15.3. The number of benzene rings is 3. The van der Waals surface area contributed by atoms with Crippen LogP contribution < -0.4 is 9.47 Å². The van der Waals surface area contributed by atoms with Gasteiger partial charge in [-0.2, -0.15) is 13.2 Å². The number of nitrogens with zero attached hydrogens (tertiary/aromatic N) is 1. The molecule has 1 heterocycles. The molecule has 0 radical (unpaired) electrons. The maximum Gasteiger partial charge on any atom is 0.416 e. The lowest BCUT2D eigenvalue weighted by Crippen LogP contribution is -2.29. The van der Waals surface area contributed by atoms with Crippen molar-refractivity contribution in [2.45, 2.75) is 32.4 Å². The van der Waals surface area contributed by atoms with E-state index < -0.39 is 24.3 Å². The number of rotatable bonds is 6. The summed E-state index contributed by atoms with van der Waals surface area (Å²) in [5.74, 6) is 18.4. The maximum absolute atomic E-state index is 12.9. The first kappa shape index (κ1) is 31.1. The second kappa shape index (κ2) is 14.9. The van der Waals surface area contributed by atoms with Crippen LogP contribution in [0.4, 0.5) is 13.2 Å². The average Bonchev–Trinajstić information content (AvgIpc) is 2.98. The van der Waals surface area contributed by atoms with Crippen LogP contribution in [0.1, 0.15) is 52.6 Å². The highest BCUT2D eigenvalue weighted by Gasteiger charge is 2.29. The van der Waals surface area contributed by atoms with E-state index >= 15 is 0 Å². The van der Waals surface area contributed by atoms with Gasteiger partial charge in [-0.3, -0.25) is 4.90 Å². The summed E-state index contributed by atoms with van der Waals surface area (Å²) in [5, 5.41) is 8.79. The fraction of sp³-hybridized carbons (Fsp3) is 0.286. The SMILES string of the molecule is Cc1cc(OCC#Cc2cc(C#CCN3CCCCC3)cc(C#Cc3ccc(C(F)(F)F)cc3)c2)ccc1OCC(=O)O. The van der Waals surface area contributed by atoms with Crippen molar-refractivity contribution < 1.29 is 32.5 Å². The number of hydrogen-bond donors (Lipinski definition) is 1. The number of halogens is 3. The lowest BCUT2D eigenvalue weighted by Gasteiger charge is -2.23. The maximum atomic E-state index is 12.9. The second-order valence-corrected chi connectivity index (χ2v) is 9.96. The number of carboxylic acid groups (broad SMARTS) is 1. The molecular weight excluding hydrogens is 555 g/mol. The topological polar surface area (TPSA) is 59.0 Å². The van der Waals surface area contributed by atoms with Gasteiger partial charge in [0.15, 0.2) is 6.61 Å². The zero-order valence-corrected chi connectivity index (χ0v) is 23.7. The Hall–Kier alpha value is -4.84. The molecule has 4 rings (SSSR count). The van der Waals surface area contributed by atoms with Crippen LogP contribution in [0.2, 0.25) is 0 Å². The van der Waals surface area contributed by atoms with E-state index in [1.807, 2.05) is 12.1 Å². The zero-order valence-electron chi connectivity index (χ0n) is 23.7. The smallest absolute Gasteiger partial charge is 0.416 e. The molecule has 1 aliphatic rings. The fourth-order valence-electron chi connectivity index (χ4n) is 4.37. The molecule has 0 amide bonds. The minimum absolute atomic E-state index is 0.103. The van der Waals surface area contributed by atoms with Crippen LogP contribution in [0.3, 0.4) is 0 Å². The number of aliphatic carboxylic acids is 1. The van der Waals surface area contributed by atoms with Crippen LogP contribution in [0, 0.1) is 42.4 Å². The van der Waals surface area contributed by atoms with Crippen molar-refractivity contribution >= 4 is 5.97 Å². The van der Waals surface area contributed by atoms with Gasteiger partial charge in [0.1, 0.15) is 18.1 Å². The number of ether oxygens (including phenoxy) is 2. The van der Waals surface area contributed by atoms with Gasteiger partial charge in [0, 0.05) is 22.3 Å². The third-order valence-electron chi connectivity index (χ3n) is 6.52. The predicted octanol–water partition coefficient (Wildman–Crippen LogP) is 6.14. The van der Waals surface area contributed by atoms with Gasteiger partial charge < -0.3 is 14.6 Å². The largest absolute Gasteiger partial charge is 0.482 e. The van der Waals surface area contributed by atoms with E-state index in [9.17, 15) is 18.0 Å². The first-order valence-electron chi connectivity index (χ1n) is 13.8. The molecule has 1 aliphatic heterocycles. The average molecular weight is 586 g/mol. The van der Waals surface area contributed by atoms with Crippen LogP contribution in [-0.2, 0) is 11.0 Å². The van der Waals surface area contributed by atoms with Gasteiger partial charge in [-0.1, -0.05) is 41.9 Å². The van der Waals surface area contributed by atoms with Crippen molar-refractivity contribution in [3.05, 3.63) is 94.0 Å². The summed E-state index contributed by atoms with van der Waals surface area (Å²) in [7, 11) is 0. The Morgan fingerprint density at radius 1 is 0.814 bits per heavy atom. The van der Waals surface area contributed by atoms with Gasteiger partial charge in [-0.15, -0.1) is 0 Å². The molecule has 5 nitrogen and oxygen atoms in total. The summed E-state index contributed by atoms with van der Waals surface area (Å²) in [5.41, 5.74) is 2.54. The summed E-state index contributed by atoms with van der Waals surface area (Å²) in [6.07, 6.45) is -0.786. The van der Waals surface area contributed by atoms with E-state index in [-0.39, 0.29) is 6.61 Å². The van der Waals surface area contributed by atoms with Crippen LogP contribution in [0.25, 0.3) is 0 Å². The first-order valence-corrected chi connectivity index (χ1v) is 13.8. The summed E-state index contributed by atoms with van der Waals surface area (Å²) in [6.45, 7) is 4.23. The molecule has 1 N–H and O–H groups in total. The molecule has 0 bridgehead atoms. The molecule has 220 valence electrons. The quantitative estimate of drug-likeness (QED) is 0.352. The lowest BCUT2D eigenvalue weighted by atomic mass is 10.1. The molecule has 3 aromatic carbocycles. The van der Waals surface area contributed by atoms with Gasteiger partial charge in [-0.05, 0) is 99.1 Å². The van der Waals surface area contributed by atoms with Crippen LogP contribution >= 0.6 is 0 Å². The minimum atomic E-state index is -4.40. The molecule has 1 saturated heterocycles. The molecule has 0 aliphatic carbocycles. The van der Waals surface area contributed by atoms with Crippen molar-refractivity contribution in [1.29, 1.82) is 0 Å². The van der Waals surface area contributed by atoms with Crippen molar-refractivity contribution in [2.24, 2.45) is 0 Å². The predicted molar refractivity (Wildman–Crippen MR) is 158 cm³/mol. The monoisotopic (exact) mass is 585 g/mol. The second-order valence-electron chi connectivity index (χ2n) is 9.96. The zero-order chi connectivity index (χ0) is 30.7. The first-order chi connectivity index (χ1) is 20.7. The van der Waals surface area contributed by atoms with Crippen LogP contribution in [0.15, 0.2) is 60.7 Å². The highest BCUT2D eigenvalue weighted by atomic mass is 19.4. The van der Waals surface area contributed by atoms with Gasteiger partial charge in [0.25, 0.3) is 0 Å². The van der Waals surface area contributed by atoms with Crippen molar-refractivity contribution in [3.63, 3.8) is 0 Å². The minimum Gasteiger partial charge on any atom is -0.482 e. The Labute approximate surface area is 249 Å². The highest BCUT2D eigenvalue weighted by molar-refractivity contribution is 5.68. The molecule has 43 heavy (non-hydrogen) atoms. The number of hydrogen-bond acceptors (Lipinski definition) is 4. The van der Waals surface area contributed by atoms with E-state index in [0.29, 0.717) is 34.7 Å². The Morgan fingerprint density at radius 3 is 2.07 bits per heavy atom. The fourth-order valence-corrected chi connectivity index (χ4v) is 4.37. The van der Waals surface area contributed by atoms with Gasteiger partial charge in [-0.25, -0.2) is 4.79 Å². The van der Waals surface area contributed by atoms with Gasteiger partial charge in [0.05, 0.1) is 12.1 Å². The summed E-state index contributed by atoms with van der Waals surface area (Å²) < 4.78 is 49.6. The highest BCUT2D eigenvalue weighted by Crippen LogP contribution is 2.29. The molecule has 0 aromatic heterocycles. The number of alkyl halides is 3. The Balaban J connectivity index is 1.49. The standard InChI is InChI=1S/C35H30F3NO4/c1-26-21-32(15-16-33(26)43-25-34(40)41)42-20-6-8-29-22-28(7-5-19-39-17-3-2-4-18-39)23-30(24-29)10-9-27-11-13-31(14-12-27)35(36,37)38/h11-16,21-24H,2-4,17-20,25H2,1H3,(H,40,41). The molecule has 0 atom stereocenters. The van der Waals surface area contributed by atoms with Crippen molar-refractivity contribution in [2.75, 3.05) is 32.8 Å². The number of aryl methyl sites for hydroxylation is 1. The lowest BCUT2D eigenvalue weighted by molar-refractivity contribution is -0.139. The molecule has 1 fully saturated rings. The molecule has 3 aromatic rings. The summed E-state index contributed by atoms with van der Waals surface area (Å²) >= 11 is 0. The number of carboxylic acids is 1. The van der Waals surface area contributed by atoms with E-state index in [1.54, 1.807) is 31.2 Å². The van der Waals surface area contributed by atoms with Gasteiger partial charge >= 0.3 is 12.1 Å². The normalized spacial score (nSPS) is 12.9. The molecular formula is C35H30F3NO4. The Kier molecular flexibility index (Phi) is 10.8. The third kappa shape index (κ3) is 10.2. The molecule has 0 unspecified atom stereocenters. The van der Waals surface area contributed by atoms with Crippen molar-refractivity contribution in [3.8, 4) is 47.0 Å². The third-order valence-corrected chi connectivity index (χ3v) is 6.52. The molecule has 0 spiro atoms.